The van der Waals surface area contributed by atoms with Crippen molar-refractivity contribution >= 4 is 51.9 Å². The number of hydrogen-bond acceptors (Lipinski definition) is 5. The third-order valence-corrected chi connectivity index (χ3v) is 6.65. The van der Waals surface area contributed by atoms with Gasteiger partial charge in [-0.3, -0.25) is 14.9 Å². The zero-order valence-corrected chi connectivity index (χ0v) is 24.1. The van der Waals surface area contributed by atoms with E-state index in [1.54, 1.807) is 48.5 Å². The first kappa shape index (κ1) is 29.0. The lowest BCUT2D eigenvalue weighted by Crippen LogP contribution is -2.34. The molecule has 5 aromatic rings. The van der Waals surface area contributed by atoms with Crippen molar-refractivity contribution in [2.75, 3.05) is 22.6 Å². The van der Waals surface area contributed by atoms with Crippen molar-refractivity contribution in [1.29, 1.82) is 0 Å². The summed E-state index contributed by atoms with van der Waals surface area (Å²) in [6, 6.07) is 41.2. The van der Waals surface area contributed by atoms with Gasteiger partial charge in [-0.05, 0) is 84.5 Å². The maximum atomic E-state index is 13.1. The number of thiocarbonyl (C=S) groups is 1. The molecule has 5 rings (SSSR count). The second-order valence-corrected chi connectivity index (χ2v) is 10.00. The number of amides is 2. The Bertz CT molecular complexity index is 1690. The number of carbonyl (C=O) groups is 2. The van der Waals surface area contributed by atoms with Gasteiger partial charge in [-0.25, -0.2) is 0 Å². The molecule has 0 saturated carbocycles. The first-order chi connectivity index (χ1) is 21.0. The van der Waals surface area contributed by atoms with Crippen LogP contribution in [0, 0.1) is 0 Å². The standard InChI is InChI=1S/C35H30N4O3S/c40-33(26-12-9-15-30(24-26)42-23-22-25-10-3-1-4-11-25)39-35(43)38-32-17-8-7-16-31(32)34(41)37-29-20-18-28(19-21-29)36-27-13-5-2-6-14-27/h1-21,24,36H,22-23H2,(H,37,41)(H2,38,39,40,43). The molecular weight excluding hydrogens is 556 g/mol. The summed E-state index contributed by atoms with van der Waals surface area (Å²) in [6.45, 7) is 0.489. The van der Waals surface area contributed by atoms with Crippen molar-refractivity contribution in [2.45, 2.75) is 6.42 Å². The third-order valence-electron chi connectivity index (χ3n) is 6.45. The van der Waals surface area contributed by atoms with Crippen LogP contribution in [0.3, 0.4) is 0 Å². The lowest BCUT2D eigenvalue weighted by Gasteiger charge is -2.14. The molecule has 8 heteroatoms. The van der Waals surface area contributed by atoms with E-state index in [0.717, 1.165) is 17.8 Å². The number of carbonyl (C=O) groups excluding carboxylic acids is 2. The summed E-state index contributed by atoms with van der Waals surface area (Å²) in [7, 11) is 0. The molecule has 43 heavy (non-hydrogen) atoms. The van der Waals surface area contributed by atoms with Crippen molar-refractivity contribution < 1.29 is 14.3 Å². The lowest BCUT2D eigenvalue weighted by molar-refractivity contribution is 0.0976. The van der Waals surface area contributed by atoms with E-state index >= 15 is 0 Å². The van der Waals surface area contributed by atoms with Crippen LogP contribution in [0.25, 0.3) is 0 Å². The van der Waals surface area contributed by atoms with Gasteiger partial charge in [0.1, 0.15) is 5.75 Å². The molecule has 0 bridgehead atoms. The van der Waals surface area contributed by atoms with Gasteiger partial charge < -0.3 is 20.7 Å². The summed E-state index contributed by atoms with van der Waals surface area (Å²) in [5.41, 5.74) is 4.93. The predicted octanol–water partition coefficient (Wildman–Crippen LogP) is 7.43. The normalized spacial score (nSPS) is 10.3. The average Bonchev–Trinajstić information content (AvgIpc) is 3.03. The monoisotopic (exact) mass is 586 g/mol. The molecular formula is C35H30N4O3S. The molecule has 0 saturated heterocycles. The molecule has 0 heterocycles. The van der Waals surface area contributed by atoms with Crippen molar-refractivity contribution in [3.8, 4) is 5.75 Å². The fourth-order valence-electron chi connectivity index (χ4n) is 4.30. The number of para-hydroxylation sites is 2. The Morgan fingerprint density at radius 3 is 2.05 bits per heavy atom. The Labute approximate surface area is 255 Å². The van der Waals surface area contributed by atoms with Crippen molar-refractivity contribution in [1.82, 2.24) is 5.32 Å². The highest BCUT2D eigenvalue weighted by molar-refractivity contribution is 7.80. The molecule has 0 atom stereocenters. The fraction of sp³-hybridized carbons (Fsp3) is 0.0571. The van der Waals surface area contributed by atoms with Crippen LogP contribution in [0.4, 0.5) is 22.7 Å². The minimum Gasteiger partial charge on any atom is -0.493 e. The first-order valence-corrected chi connectivity index (χ1v) is 14.2. The highest BCUT2D eigenvalue weighted by atomic mass is 32.1. The second kappa shape index (κ2) is 14.4. The van der Waals surface area contributed by atoms with E-state index in [4.69, 9.17) is 17.0 Å². The summed E-state index contributed by atoms with van der Waals surface area (Å²) >= 11 is 5.40. The Balaban J connectivity index is 1.15. The van der Waals surface area contributed by atoms with Gasteiger partial charge in [0.2, 0.25) is 0 Å². The molecule has 0 spiro atoms. The van der Waals surface area contributed by atoms with Gasteiger partial charge in [-0.1, -0.05) is 66.7 Å². The number of hydrogen-bond donors (Lipinski definition) is 4. The van der Waals surface area contributed by atoms with Crippen LogP contribution in [0.5, 0.6) is 5.75 Å². The molecule has 2 amide bonds. The second-order valence-electron chi connectivity index (χ2n) is 9.59. The predicted molar refractivity (Wildman–Crippen MR) is 176 cm³/mol. The molecule has 0 aliphatic carbocycles. The molecule has 0 aliphatic heterocycles. The highest BCUT2D eigenvalue weighted by Gasteiger charge is 2.14. The van der Waals surface area contributed by atoms with Gasteiger partial charge in [-0.2, -0.15) is 0 Å². The van der Waals surface area contributed by atoms with Gasteiger partial charge in [0.05, 0.1) is 17.9 Å². The fourth-order valence-corrected chi connectivity index (χ4v) is 4.50. The lowest BCUT2D eigenvalue weighted by atomic mass is 10.1. The van der Waals surface area contributed by atoms with E-state index in [1.807, 2.05) is 84.9 Å². The van der Waals surface area contributed by atoms with Crippen LogP contribution in [0.1, 0.15) is 26.3 Å². The van der Waals surface area contributed by atoms with Crippen LogP contribution in [0.2, 0.25) is 0 Å². The molecule has 0 aliphatic rings. The van der Waals surface area contributed by atoms with Crippen molar-refractivity contribution in [3.05, 3.63) is 150 Å². The molecule has 0 radical (unpaired) electrons. The molecule has 0 aromatic heterocycles. The number of rotatable bonds is 10. The molecule has 7 nitrogen and oxygen atoms in total. The van der Waals surface area contributed by atoms with Crippen molar-refractivity contribution in [2.24, 2.45) is 0 Å². The Morgan fingerprint density at radius 2 is 1.28 bits per heavy atom. The van der Waals surface area contributed by atoms with E-state index < -0.39 is 5.91 Å². The van der Waals surface area contributed by atoms with E-state index in [0.29, 0.717) is 34.9 Å². The zero-order valence-electron chi connectivity index (χ0n) is 23.2. The van der Waals surface area contributed by atoms with Gasteiger partial charge in [0, 0.05) is 29.0 Å². The van der Waals surface area contributed by atoms with Gasteiger partial charge in [0.25, 0.3) is 11.8 Å². The van der Waals surface area contributed by atoms with E-state index in [2.05, 4.69) is 21.3 Å². The summed E-state index contributed by atoms with van der Waals surface area (Å²) in [5, 5.41) is 12.0. The Morgan fingerprint density at radius 1 is 0.628 bits per heavy atom. The highest BCUT2D eigenvalue weighted by Crippen LogP contribution is 2.21. The minimum absolute atomic E-state index is 0.0667. The number of benzene rings is 5. The van der Waals surface area contributed by atoms with Gasteiger partial charge >= 0.3 is 0 Å². The molecule has 0 unspecified atom stereocenters. The van der Waals surface area contributed by atoms with Crippen LogP contribution in [-0.4, -0.2) is 23.5 Å². The van der Waals surface area contributed by atoms with Crippen molar-refractivity contribution in [3.63, 3.8) is 0 Å². The number of ether oxygens (including phenoxy) is 1. The molecule has 4 N–H and O–H groups in total. The van der Waals surface area contributed by atoms with Crippen LogP contribution < -0.4 is 26.0 Å². The van der Waals surface area contributed by atoms with E-state index in [9.17, 15) is 9.59 Å². The SMILES string of the molecule is O=C(NC(=S)Nc1ccccc1C(=O)Nc1ccc(Nc2ccccc2)cc1)c1cccc(OCCc2ccccc2)c1. The first-order valence-electron chi connectivity index (χ1n) is 13.8. The van der Waals surface area contributed by atoms with Gasteiger partial charge in [-0.15, -0.1) is 0 Å². The quantitative estimate of drug-likeness (QED) is 0.127. The average molecular weight is 587 g/mol. The zero-order chi connectivity index (χ0) is 29.9. The van der Waals surface area contributed by atoms with Crippen LogP contribution in [0.15, 0.2) is 133 Å². The summed E-state index contributed by atoms with van der Waals surface area (Å²) in [4.78, 5) is 26.1. The summed E-state index contributed by atoms with van der Waals surface area (Å²) in [5.74, 6) is -0.119. The molecule has 5 aromatic carbocycles. The Hall–Kier alpha value is -5.47. The van der Waals surface area contributed by atoms with E-state index in [-0.39, 0.29) is 11.0 Å². The smallest absolute Gasteiger partial charge is 0.257 e. The largest absolute Gasteiger partial charge is 0.493 e. The maximum absolute atomic E-state index is 13.1. The Kier molecular flexibility index (Phi) is 9.74. The number of anilines is 4. The topological polar surface area (TPSA) is 91.5 Å². The molecule has 214 valence electrons. The van der Waals surface area contributed by atoms with Gasteiger partial charge in [0.15, 0.2) is 5.11 Å². The van der Waals surface area contributed by atoms with Crippen LogP contribution in [-0.2, 0) is 6.42 Å². The minimum atomic E-state index is -0.392. The summed E-state index contributed by atoms with van der Waals surface area (Å²) in [6.07, 6.45) is 0.759. The molecule has 0 fully saturated rings. The third kappa shape index (κ3) is 8.51. The maximum Gasteiger partial charge on any atom is 0.257 e. The van der Waals surface area contributed by atoms with E-state index in [1.165, 1.54) is 5.56 Å². The van der Waals surface area contributed by atoms with Crippen LogP contribution >= 0.6 is 12.2 Å². The summed E-state index contributed by atoms with van der Waals surface area (Å²) < 4.78 is 5.85. The number of nitrogens with one attached hydrogen (secondary N) is 4.